The topological polar surface area (TPSA) is 101 Å². The monoisotopic (exact) mass is 375 g/mol. The molecule has 9 heteroatoms. The van der Waals surface area contributed by atoms with Gasteiger partial charge in [0.15, 0.2) is 0 Å². The second kappa shape index (κ2) is 6.08. The third kappa shape index (κ3) is 2.48. The molecule has 0 unspecified atom stereocenters. The van der Waals surface area contributed by atoms with Crippen LogP contribution in [0.4, 0.5) is 16.0 Å². The van der Waals surface area contributed by atoms with Crippen molar-refractivity contribution in [2.45, 2.75) is 13.0 Å². The average molecular weight is 375 g/mol. The minimum atomic E-state index is -0.461. The van der Waals surface area contributed by atoms with Crippen molar-refractivity contribution in [1.82, 2.24) is 30.4 Å². The van der Waals surface area contributed by atoms with E-state index in [9.17, 15) is 9.18 Å². The van der Waals surface area contributed by atoms with Crippen LogP contribution >= 0.6 is 0 Å². The normalized spacial score (nSPS) is 14.9. The summed E-state index contributed by atoms with van der Waals surface area (Å²) in [6.07, 6.45) is 0. The van der Waals surface area contributed by atoms with Gasteiger partial charge in [-0.15, -0.1) is 0 Å². The van der Waals surface area contributed by atoms with Gasteiger partial charge in [0.05, 0.1) is 5.69 Å². The van der Waals surface area contributed by atoms with Gasteiger partial charge in [0, 0.05) is 11.1 Å². The molecule has 0 fully saturated rings. The summed E-state index contributed by atoms with van der Waals surface area (Å²) >= 11 is 0. The Balaban J connectivity index is 1.81. The number of halogens is 1. The number of H-pyrrole nitrogens is 1. The summed E-state index contributed by atoms with van der Waals surface area (Å²) in [5, 5.41) is 21.6. The molecule has 0 bridgehead atoms. The number of benzene rings is 2. The molecule has 138 valence electrons. The van der Waals surface area contributed by atoms with Crippen LogP contribution in [0.25, 0.3) is 11.3 Å². The highest BCUT2D eigenvalue weighted by Crippen LogP contribution is 2.40. The fourth-order valence-corrected chi connectivity index (χ4v) is 3.42. The van der Waals surface area contributed by atoms with Crippen LogP contribution in [-0.2, 0) is 0 Å². The molecule has 1 aliphatic rings. The molecule has 0 aliphatic carbocycles. The number of nitrogens with one attached hydrogen (secondary N) is 2. The maximum absolute atomic E-state index is 13.4. The molecule has 5 rings (SSSR count). The van der Waals surface area contributed by atoms with Gasteiger partial charge in [-0.1, -0.05) is 34.9 Å². The molecule has 8 nitrogen and oxygen atoms in total. The van der Waals surface area contributed by atoms with Gasteiger partial charge in [0.2, 0.25) is 5.95 Å². The fraction of sp³-hybridized carbons (Fsp3) is 0.105. The second-order valence-electron chi connectivity index (χ2n) is 6.58. The van der Waals surface area contributed by atoms with Gasteiger partial charge in [-0.05, 0) is 47.2 Å². The number of hydrogen-bond acceptors (Lipinski definition) is 6. The Morgan fingerprint density at radius 2 is 1.82 bits per heavy atom. The summed E-state index contributed by atoms with van der Waals surface area (Å²) in [5.74, 6) is 0.0119. The van der Waals surface area contributed by atoms with E-state index in [1.807, 2.05) is 31.2 Å². The molecule has 0 amide bonds. The van der Waals surface area contributed by atoms with Gasteiger partial charge < -0.3 is 5.32 Å². The Hall–Kier alpha value is -3.88. The molecule has 0 spiro atoms. The van der Waals surface area contributed by atoms with Crippen LogP contribution in [0.1, 0.15) is 22.7 Å². The first-order valence-electron chi connectivity index (χ1n) is 8.62. The van der Waals surface area contributed by atoms with Crippen molar-refractivity contribution in [3.63, 3.8) is 0 Å². The largest absolute Gasteiger partial charge is 0.318 e. The van der Waals surface area contributed by atoms with Crippen molar-refractivity contribution in [3.05, 3.63) is 81.4 Å². The van der Waals surface area contributed by atoms with E-state index in [0.717, 1.165) is 11.1 Å². The van der Waals surface area contributed by atoms with E-state index in [0.29, 0.717) is 28.5 Å². The van der Waals surface area contributed by atoms with Crippen molar-refractivity contribution in [2.75, 3.05) is 5.32 Å². The first-order chi connectivity index (χ1) is 13.6. The van der Waals surface area contributed by atoms with Crippen LogP contribution in [0, 0.1) is 12.7 Å². The SMILES string of the molecule is Cc1ccc([C@H]2c3c(-c4ccc(F)cc4)n[nH]c(=O)c3Nc3nnnn32)cc1. The summed E-state index contributed by atoms with van der Waals surface area (Å²) in [5.41, 5.74) is 3.77. The highest BCUT2D eigenvalue weighted by Gasteiger charge is 2.34. The number of nitrogens with zero attached hydrogens (tertiary/aromatic N) is 5. The molecule has 4 aromatic rings. The lowest BCUT2D eigenvalue weighted by Crippen LogP contribution is -2.29. The number of hydrogen-bond donors (Lipinski definition) is 2. The zero-order valence-corrected chi connectivity index (χ0v) is 14.7. The van der Waals surface area contributed by atoms with Gasteiger partial charge in [0.1, 0.15) is 17.5 Å². The summed E-state index contributed by atoms with van der Waals surface area (Å²) in [6.45, 7) is 2.00. The molecule has 2 aromatic carbocycles. The summed E-state index contributed by atoms with van der Waals surface area (Å²) in [6, 6.07) is 13.4. The highest BCUT2D eigenvalue weighted by atomic mass is 19.1. The molecule has 0 saturated carbocycles. The summed E-state index contributed by atoms with van der Waals surface area (Å²) < 4.78 is 15.0. The molecule has 28 heavy (non-hydrogen) atoms. The fourth-order valence-electron chi connectivity index (χ4n) is 3.42. The quantitative estimate of drug-likeness (QED) is 0.492. The Labute approximate surface area is 158 Å². The van der Waals surface area contributed by atoms with Crippen molar-refractivity contribution >= 4 is 11.6 Å². The Bertz CT molecular complexity index is 1230. The van der Waals surface area contributed by atoms with Crippen LogP contribution in [0.15, 0.2) is 53.3 Å². The van der Waals surface area contributed by atoms with E-state index in [-0.39, 0.29) is 11.4 Å². The van der Waals surface area contributed by atoms with Crippen molar-refractivity contribution in [1.29, 1.82) is 0 Å². The Morgan fingerprint density at radius 1 is 1.07 bits per heavy atom. The van der Waals surface area contributed by atoms with Gasteiger partial charge >= 0.3 is 0 Å². The smallest absolute Gasteiger partial charge is 0.288 e. The van der Waals surface area contributed by atoms with Crippen molar-refractivity contribution in [3.8, 4) is 11.3 Å². The van der Waals surface area contributed by atoms with E-state index < -0.39 is 6.04 Å². The van der Waals surface area contributed by atoms with Gasteiger partial charge in [0.25, 0.3) is 5.56 Å². The predicted molar refractivity (Wildman–Crippen MR) is 99.8 cm³/mol. The third-order valence-corrected chi connectivity index (χ3v) is 4.78. The van der Waals surface area contributed by atoms with Crippen LogP contribution in [-0.4, -0.2) is 30.4 Å². The lowest BCUT2D eigenvalue weighted by molar-refractivity contribution is 0.567. The van der Waals surface area contributed by atoms with E-state index >= 15 is 0 Å². The number of aromatic nitrogens is 6. The minimum absolute atomic E-state index is 0.321. The van der Waals surface area contributed by atoms with Crippen LogP contribution in [0.5, 0.6) is 0 Å². The Kier molecular flexibility index (Phi) is 3.54. The molecule has 0 radical (unpaired) electrons. The zero-order valence-electron chi connectivity index (χ0n) is 14.7. The highest BCUT2D eigenvalue weighted by molar-refractivity contribution is 5.75. The van der Waals surface area contributed by atoms with Crippen LogP contribution in [0.2, 0.25) is 0 Å². The molecule has 0 saturated heterocycles. The molecule has 1 atom stereocenters. The minimum Gasteiger partial charge on any atom is -0.318 e. The molecule has 2 aromatic heterocycles. The van der Waals surface area contributed by atoms with Gasteiger partial charge in [-0.25, -0.2) is 9.49 Å². The molecular formula is C19H14FN7O. The number of aryl methyl sites for hydroxylation is 1. The summed E-state index contributed by atoms with van der Waals surface area (Å²) in [7, 11) is 0. The molecule has 2 N–H and O–H groups in total. The maximum Gasteiger partial charge on any atom is 0.288 e. The third-order valence-electron chi connectivity index (χ3n) is 4.78. The summed E-state index contributed by atoms with van der Waals surface area (Å²) in [4.78, 5) is 12.5. The predicted octanol–water partition coefficient (Wildman–Crippen LogP) is 2.57. The van der Waals surface area contributed by atoms with E-state index in [1.54, 1.807) is 16.8 Å². The standard InChI is InChI=1S/C19H14FN7O/c1-10-2-4-12(5-3-10)17-14-15(11-6-8-13(20)9-7-11)22-23-18(28)16(14)21-19-24-25-26-27(17)19/h2-9,17H,1H3,(H,23,28)(H,21,24,26)/t17-/m0/s1. The number of tetrazole rings is 1. The Morgan fingerprint density at radius 3 is 2.57 bits per heavy atom. The first kappa shape index (κ1) is 16.3. The average Bonchev–Trinajstić information content (AvgIpc) is 3.17. The van der Waals surface area contributed by atoms with Crippen molar-refractivity contribution < 1.29 is 4.39 Å². The first-order valence-corrected chi connectivity index (χ1v) is 8.62. The van der Waals surface area contributed by atoms with Crippen molar-refractivity contribution in [2.24, 2.45) is 0 Å². The van der Waals surface area contributed by atoms with E-state index in [2.05, 4.69) is 31.0 Å². The van der Waals surface area contributed by atoms with E-state index in [1.165, 1.54) is 12.1 Å². The number of fused-ring (bicyclic) bond motifs is 2. The lowest BCUT2D eigenvalue weighted by atomic mass is 9.92. The number of anilines is 2. The number of rotatable bonds is 2. The lowest BCUT2D eigenvalue weighted by Gasteiger charge is -2.27. The molecule has 1 aliphatic heterocycles. The maximum atomic E-state index is 13.4. The van der Waals surface area contributed by atoms with E-state index in [4.69, 9.17) is 0 Å². The zero-order chi connectivity index (χ0) is 19.3. The molecule has 3 heterocycles. The van der Waals surface area contributed by atoms with Crippen LogP contribution < -0.4 is 10.9 Å². The second-order valence-corrected chi connectivity index (χ2v) is 6.58. The van der Waals surface area contributed by atoms with Gasteiger partial charge in [-0.3, -0.25) is 4.79 Å². The van der Waals surface area contributed by atoms with Gasteiger partial charge in [-0.2, -0.15) is 9.78 Å². The molecular weight excluding hydrogens is 361 g/mol. The number of aromatic amines is 1. The van der Waals surface area contributed by atoms with Crippen LogP contribution in [0.3, 0.4) is 0 Å².